The van der Waals surface area contributed by atoms with Gasteiger partial charge in [-0.3, -0.25) is 4.79 Å². The van der Waals surface area contributed by atoms with Crippen molar-refractivity contribution in [3.8, 4) is 0 Å². The molecule has 0 saturated heterocycles. The van der Waals surface area contributed by atoms with Crippen LogP contribution >= 0.6 is 0 Å². The zero-order valence-electron chi connectivity index (χ0n) is 6.54. The van der Waals surface area contributed by atoms with Crippen LogP contribution in [-0.2, 0) is 9.53 Å². The summed E-state index contributed by atoms with van der Waals surface area (Å²) in [5.74, 6) is 0.580. The van der Waals surface area contributed by atoms with Gasteiger partial charge in [-0.25, -0.2) is 0 Å². The van der Waals surface area contributed by atoms with E-state index in [0.29, 0.717) is 19.0 Å². The van der Waals surface area contributed by atoms with Crippen molar-refractivity contribution in [1.29, 1.82) is 0 Å². The summed E-state index contributed by atoms with van der Waals surface area (Å²) < 4.78 is 4.48. The lowest BCUT2D eigenvalue weighted by molar-refractivity contribution is -0.128. The molecular formula is C8H14O2. The highest BCUT2D eigenvalue weighted by Crippen LogP contribution is 1.94. The third kappa shape index (κ3) is 7.21. The van der Waals surface area contributed by atoms with Crippen LogP contribution in [0.15, 0.2) is 12.2 Å². The smallest absolute Gasteiger partial charge is 0.293 e. The molecule has 0 N–H and O–H groups in total. The minimum absolute atomic E-state index is 0.475. The molecule has 58 valence electrons. The van der Waals surface area contributed by atoms with Gasteiger partial charge in [0.15, 0.2) is 0 Å². The van der Waals surface area contributed by atoms with Gasteiger partial charge in [0.2, 0.25) is 0 Å². The SMILES string of the molecule is CC(C)/C=C\CCOC=O. The van der Waals surface area contributed by atoms with E-state index in [-0.39, 0.29) is 0 Å². The van der Waals surface area contributed by atoms with E-state index in [2.05, 4.69) is 24.7 Å². The lowest BCUT2D eigenvalue weighted by Gasteiger charge is -1.93. The maximum absolute atomic E-state index is 9.66. The van der Waals surface area contributed by atoms with Crippen LogP contribution < -0.4 is 0 Å². The summed E-state index contributed by atoms with van der Waals surface area (Å²) in [5, 5.41) is 0. The average Bonchev–Trinajstić information content (AvgIpc) is 1.87. The monoisotopic (exact) mass is 142 g/mol. The fourth-order valence-electron chi connectivity index (χ4n) is 0.553. The molecule has 0 aliphatic carbocycles. The molecular weight excluding hydrogens is 128 g/mol. The van der Waals surface area contributed by atoms with Gasteiger partial charge in [-0.05, 0) is 12.3 Å². The van der Waals surface area contributed by atoms with Crippen molar-refractivity contribution in [3.63, 3.8) is 0 Å². The third-order valence-electron chi connectivity index (χ3n) is 0.991. The third-order valence-corrected chi connectivity index (χ3v) is 0.991. The van der Waals surface area contributed by atoms with E-state index in [0.717, 1.165) is 6.42 Å². The van der Waals surface area contributed by atoms with Gasteiger partial charge in [-0.1, -0.05) is 26.0 Å². The highest BCUT2D eigenvalue weighted by Gasteiger charge is 1.83. The molecule has 0 aromatic carbocycles. The second-order valence-electron chi connectivity index (χ2n) is 2.43. The molecule has 2 nitrogen and oxygen atoms in total. The van der Waals surface area contributed by atoms with Crippen molar-refractivity contribution in [2.24, 2.45) is 5.92 Å². The Bertz CT molecular complexity index is 106. The minimum atomic E-state index is 0.475. The number of rotatable bonds is 5. The molecule has 0 aromatic heterocycles. The van der Waals surface area contributed by atoms with Crippen molar-refractivity contribution >= 4 is 6.47 Å². The molecule has 0 unspecified atom stereocenters. The summed E-state index contributed by atoms with van der Waals surface area (Å²) in [6.07, 6.45) is 4.93. The number of allylic oxidation sites excluding steroid dienone is 1. The summed E-state index contributed by atoms with van der Waals surface area (Å²) in [7, 11) is 0. The predicted octanol–water partition coefficient (Wildman–Crippen LogP) is 1.76. The zero-order chi connectivity index (χ0) is 7.82. The van der Waals surface area contributed by atoms with Crippen molar-refractivity contribution < 1.29 is 9.53 Å². The van der Waals surface area contributed by atoms with Gasteiger partial charge in [-0.2, -0.15) is 0 Å². The summed E-state index contributed by atoms with van der Waals surface area (Å²) in [6.45, 7) is 5.18. The van der Waals surface area contributed by atoms with E-state index in [1.807, 2.05) is 6.08 Å². The quantitative estimate of drug-likeness (QED) is 0.332. The van der Waals surface area contributed by atoms with E-state index >= 15 is 0 Å². The molecule has 0 fully saturated rings. The number of hydrogen-bond acceptors (Lipinski definition) is 2. The second-order valence-corrected chi connectivity index (χ2v) is 2.43. The van der Waals surface area contributed by atoms with Crippen LogP contribution in [0.1, 0.15) is 20.3 Å². The van der Waals surface area contributed by atoms with E-state index < -0.39 is 0 Å². The first-order valence-corrected chi connectivity index (χ1v) is 3.49. The fraction of sp³-hybridized carbons (Fsp3) is 0.625. The largest absolute Gasteiger partial charge is 0.468 e. The van der Waals surface area contributed by atoms with E-state index in [4.69, 9.17) is 0 Å². The van der Waals surface area contributed by atoms with Crippen LogP contribution in [0.3, 0.4) is 0 Å². The standard InChI is InChI=1S/C8H14O2/c1-8(2)5-3-4-6-10-7-9/h3,5,7-8H,4,6H2,1-2H3/b5-3-. The molecule has 0 rings (SSSR count). The topological polar surface area (TPSA) is 26.3 Å². The molecule has 0 aliphatic rings. The second kappa shape index (κ2) is 6.33. The Balaban J connectivity index is 3.10. The highest BCUT2D eigenvalue weighted by molar-refractivity contribution is 5.36. The molecule has 0 aromatic rings. The van der Waals surface area contributed by atoms with E-state index in [9.17, 15) is 4.79 Å². The average molecular weight is 142 g/mol. The molecule has 0 spiro atoms. The molecule has 0 heterocycles. The first-order valence-electron chi connectivity index (χ1n) is 3.49. The Kier molecular flexibility index (Phi) is 5.83. The lowest BCUT2D eigenvalue weighted by atomic mass is 10.2. The van der Waals surface area contributed by atoms with Gasteiger partial charge in [0.1, 0.15) is 0 Å². The predicted molar refractivity (Wildman–Crippen MR) is 40.6 cm³/mol. The summed E-state index contributed by atoms with van der Waals surface area (Å²) >= 11 is 0. The number of carbonyl (C=O) groups is 1. The Morgan fingerprint density at radius 1 is 1.50 bits per heavy atom. The molecule has 2 heteroatoms. The highest BCUT2D eigenvalue weighted by atomic mass is 16.5. The Hall–Kier alpha value is -0.790. The van der Waals surface area contributed by atoms with Gasteiger partial charge in [-0.15, -0.1) is 0 Å². The van der Waals surface area contributed by atoms with Gasteiger partial charge in [0.25, 0.3) is 6.47 Å². The summed E-state index contributed by atoms with van der Waals surface area (Å²) in [6, 6.07) is 0. The first kappa shape index (κ1) is 9.21. The molecule has 0 amide bonds. The minimum Gasteiger partial charge on any atom is -0.468 e. The Morgan fingerprint density at radius 2 is 2.20 bits per heavy atom. The summed E-state index contributed by atoms with van der Waals surface area (Å²) in [5.41, 5.74) is 0. The Labute approximate surface area is 61.9 Å². The molecule has 0 bridgehead atoms. The maximum atomic E-state index is 9.66. The van der Waals surface area contributed by atoms with Crippen LogP contribution in [-0.4, -0.2) is 13.1 Å². The molecule has 0 saturated carbocycles. The van der Waals surface area contributed by atoms with Crippen LogP contribution in [0.25, 0.3) is 0 Å². The fourth-order valence-corrected chi connectivity index (χ4v) is 0.553. The zero-order valence-corrected chi connectivity index (χ0v) is 6.54. The van der Waals surface area contributed by atoms with Gasteiger partial charge in [0, 0.05) is 0 Å². The molecule has 0 aliphatic heterocycles. The van der Waals surface area contributed by atoms with E-state index in [1.54, 1.807) is 0 Å². The van der Waals surface area contributed by atoms with Crippen LogP contribution in [0.4, 0.5) is 0 Å². The van der Waals surface area contributed by atoms with Crippen molar-refractivity contribution in [2.75, 3.05) is 6.61 Å². The van der Waals surface area contributed by atoms with Crippen LogP contribution in [0.5, 0.6) is 0 Å². The molecule has 0 atom stereocenters. The van der Waals surface area contributed by atoms with E-state index in [1.165, 1.54) is 0 Å². The molecule has 0 radical (unpaired) electrons. The van der Waals surface area contributed by atoms with Gasteiger partial charge in [0.05, 0.1) is 6.61 Å². The summed E-state index contributed by atoms with van der Waals surface area (Å²) in [4.78, 5) is 9.66. The van der Waals surface area contributed by atoms with Crippen LogP contribution in [0, 0.1) is 5.92 Å². The normalized spacial score (nSPS) is 10.7. The van der Waals surface area contributed by atoms with Gasteiger partial charge >= 0.3 is 0 Å². The van der Waals surface area contributed by atoms with Crippen LogP contribution in [0.2, 0.25) is 0 Å². The van der Waals surface area contributed by atoms with Gasteiger partial charge < -0.3 is 4.74 Å². The van der Waals surface area contributed by atoms with Crippen molar-refractivity contribution in [2.45, 2.75) is 20.3 Å². The Morgan fingerprint density at radius 3 is 2.70 bits per heavy atom. The first-order chi connectivity index (χ1) is 4.77. The van der Waals surface area contributed by atoms with Crippen molar-refractivity contribution in [1.82, 2.24) is 0 Å². The molecule has 10 heavy (non-hydrogen) atoms. The number of hydrogen-bond donors (Lipinski definition) is 0. The lowest BCUT2D eigenvalue weighted by Crippen LogP contribution is -1.88. The van der Waals surface area contributed by atoms with Crippen molar-refractivity contribution in [3.05, 3.63) is 12.2 Å². The maximum Gasteiger partial charge on any atom is 0.293 e. The number of ether oxygens (including phenoxy) is 1. The number of carbonyl (C=O) groups excluding carboxylic acids is 1.